The lowest BCUT2D eigenvalue weighted by molar-refractivity contribution is 0.106. The fraction of sp³-hybridized carbons (Fsp3) is 0.733. The van der Waals surface area contributed by atoms with Gasteiger partial charge in [-0.2, -0.15) is 0 Å². The van der Waals surface area contributed by atoms with Gasteiger partial charge >= 0.3 is 0 Å². The lowest BCUT2D eigenvalue weighted by Gasteiger charge is -2.41. The minimum absolute atomic E-state index is 0.664. The second-order valence-corrected chi connectivity index (χ2v) is 11.8. The van der Waals surface area contributed by atoms with E-state index in [1.807, 2.05) is 0 Å². The monoisotopic (exact) mass is 440 g/mol. The van der Waals surface area contributed by atoms with Crippen LogP contribution < -0.4 is 0 Å². The summed E-state index contributed by atoms with van der Waals surface area (Å²) in [7, 11) is 0. The fourth-order valence-corrected chi connectivity index (χ4v) is 7.62. The maximum absolute atomic E-state index is 6.07. The van der Waals surface area contributed by atoms with Crippen molar-refractivity contribution in [3.05, 3.63) is 47.0 Å². The second kappa shape index (κ2) is 11.4. The summed E-state index contributed by atoms with van der Waals surface area (Å²) < 4.78 is 0. The molecule has 0 aliphatic heterocycles. The molecule has 0 aromatic heterocycles. The molecule has 3 saturated carbocycles. The number of allylic oxidation sites excluding steroid dienone is 2. The Kier molecular flexibility index (Phi) is 8.61. The first kappa shape index (κ1) is 23.4. The third-order valence-corrected chi connectivity index (χ3v) is 9.70. The van der Waals surface area contributed by atoms with Gasteiger partial charge in [-0.3, -0.25) is 0 Å². The van der Waals surface area contributed by atoms with E-state index in [2.05, 4.69) is 50.3 Å². The van der Waals surface area contributed by atoms with E-state index in [4.69, 9.17) is 11.6 Å². The zero-order valence-corrected chi connectivity index (χ0v) is 20.8. The van der Waals surface area contributed by atoms with E-state index in [0.717, 1.165) is 40.5 Å². The topological polar surface area (TPSA) is 0 Å². The first-order valence-corrected chi connectivity index (χ1v) is 13.9. The van der Waals surface area contributed by atoms with E-state index >= 15 is 0 Å². The van der Waals surface area contributed by atoms with Crippen LogP contribution in [0.1, 0.15) is 109 Å². The smallest absolute Gasteiger partial charge is 0.0406 e. The number of hydrogen-bond acceptors (Lipinski definition) is 0. The first-order valence-electron chi connectivity index (χ1n) is 13.5. The predicted octanol–water partition coefficient (Wildman–Crippen LogP) is 9.83. The number of halogens is 1. The highest BCUT2D eigenvalue weighted by molar-refractivity contribution is 6.30. The SMILES string of the molecule is CC=CC1CCC(C2CCC(C3CCC(C[C@@H](C)c4ccc(Cl)cc4)CC3)CC2)CC1. The van der Waals surface area contributed by atoms with Gasteiger partial charge in [-0.1, -0.05) is 55.7 Å². The van der Waals surface area contributed by atoms with Crippen molar-refractivity contribution in [1.29, 1.82) is 0 Å². The normalized spacial score (nSPS) is 35.8. The molecule has 0 amide bonds. The highest BCUT2D eigenvalue weighted by Crippen LogP contribution is 2.46. The average Bonchev–Trinajstić information content (AvgIpc) is 2.81. The molecule has 0 N–H and O–H groups in total. The Labute approximate surface area is 197 Å². The van der Waals surface area contributed by atoms with E-state index in [0.29, 0.717) is 5.92 Å². The van der Waals surface area contributed by atoms with Crippen molar-refractivity contribution in [2.24, 2.45) is 35.5 Å². The van der Waals surface area contributed by atoms with Gasteiger partial charge in [0.2, 0.25) is 0 Å². The molecule has 1 heteroatoms. The van der Waals surface area contributed by atoms with Crippen LogP contribution in [0.15, 0.2) is 36.4 Å². The molecule has 1 aromatic rings. The van der Waals surface area contributed by atoms with Crippen molar-refractivity contribution in [2.75, 3.05) is 0 Å². The molecule has 0 spiro atoms. The summed E-state index contributed by atoms with van der Waals surface area (Å²) in [6, 6.07) is 8.55. The highest BCUT2D eigenvalue weighted by atomic mass is 35.5. The molecule has 0 bridgehead atoms. The van der Waals surface area contributed by atoms with Crippen LogP contribution in [0.2, 0.25) is 5.02 Å². The van der Waals surface area contributed by atoms with Gasteiger partial charge in [0, 0.05) is 5.02 Å². The van der Waals surface area contributed by atoms with Crippen molar-refractivity contribution < 1.29 is 0 Å². The molecule has 0 nitrogen and oxygen atoms in total. The Morgan fingerprint density at radius 1 is 0.742 bits per heavy atom. The summed E-state index contributed by atoms with van der Waals surface area (Å²) in [4.78, 5) is 0. The van der Waals surface area contributed by atoms with Crippen molar-refractivity contribution in [3.8, 4) is 0 Å². The summed E-state index contributed by atoms with van der Waals surface area (Å²) in [5, 5.41) is 0.854. The molecule has 3 fully saturated rings. The lowest BCUT2D eigenvalue weighted by atomic mass is 9.64. The number of hydrogen-bond donors (Lipinski definition) is 0. The van der Waals surface area contributed by atoms with Crippen LogP contribution in [-0.2, 0) is 0 Å². The Bertz CT molecular complexity index is 665. The third-order valence-electron chi connectivity index (χ3n) is 9.45. The van der Waals surface area contributed by atoms with Crippen LogP contribution in [0.3, 0.4) is 0 Å². The van der Waals surface area contributed by atoms with Gasteiger partial charge in [-0.15, -0.1) is 0 Å². The standard InChI is InChI=1S/C30H45Cl/c1-3-4-23-5-9-26(10-6-23)28-13-15-29(16-14-28)27-11-7-24(8-12-27)21-22(2)25-17-19-30(31)20-18-25/h3-4,17-20,22-24,26-29H,5-16,21H2,1-2H3/t22-,23?,24?,26?,27?,28?,29?/m1/s1. The van der Waals surface area contributed by atoms with E-state index < -0.39 is 0 Å². The molecule has 0 unspecified atom stereocenters. The lowest BCUT2D eigenvalue weighted by Crippen LogP contribution is -2.29. The van der Waals surface area contributed by atoms with E-state index in [-0.39, 0.29) is 0 Å². The molecule has 1 atom stereocenters. The van der Waals surface area contributed by atoms with Gasteiger partial charge in [-0.05, 0) is 137 Å². The number of benzene rings is 1. The molecule has 0 saturated heterocycles. The predicted molar refractivity (Wildman–Crippen MR) is 136 cm³/mol. The van der Waals surface area contributed by atoms with E-state index in [9.17, 15) is 0 Å². The van der Waals surface area contributed by atoms with Gasteiger partial charge in [0.15, 0.2) is 0 Å². The molecule has 31 heavy (non-hydrogen) atoms. The zero-order chi connectivity index (χ0) is 21.6. The highest BCUT2D eigenvalue weighted by Gasteiger charge is 2.34. The summed E-state index contributed by atoms with van der Waals surface area (Å²) in [5.74, 6) is 6.67. The maximum Gasteiger partial charge on any atom is 0.0406 e. The molecule has 0 heterocycles. The molecule has 3 aliphatic rings. The maximum atomic E-state index is 6.07. The summed E-state index contributed by atoms with van der Waals surface area (Å²) in [6.45, 7) is 4.59. The van der Waals surface area contributed by atoms with Crippen molar-refractivity contribution >= 4 is 11.6 Å². The Hall–Kier alpha value is -0.750. The van der Waals surface area contributed by atoms with Crippen LogP contribution >= 0.6 is 11.6 Å². The van der Waals surface area contributed by atoms with E-state index in [1.54, 1.807) is 0 Å². The van der Waals surface area contributed by atoms with E-state index in [1.165, 1.54) is 89.0 Å². The second-order valence-electron chi connectivity index (χ2n) is 11.3. The molecule has 1 aromatic carbocycles. The summed E-state index contributed by atoms with van der Waals surface area (Å²) in [5.41, 5.74) is 1.46. The van der Waals surface area contributed by atoms with Gasteiger partial charge in [0.1, 0.15) is 0 Å². The molecule has 4 rings (SSSR count). The van der Waals surface area contributed by atoms with Crippen molar-refractivity contribution in [2.45, 2.75) is 103 Å². The third kappa shape index (κ3) is 6.40. The van der Waals surface area contributed by atoms with Gasteiger partial charge in [0.25, 0.3) is 0 Å². The van der Waals surface area contributed by atoms with Gasteiger partial charge in [-0.25, -0.2) is 0 Å². The molecule has 0 radical (unpaired) electrons. The van der Waals surface area contributed by atoms with Gasteiger partial charge < -0.3 is 0 Å². The Morgan fingerprint density at radius 2 is 1.19 bits per heavy atom. The van der Waals surface area contributed by atoms with Crippen LogP contribution in [0.5, 0.6) is 0 Å². The summed E-state index contributed by atoms with van der Waals surface area (Å²) in [6.07, 6.45) is 24.1. The van der Waals surface area contributed by atoms with Crippen molar-refractivity contribution in [3.63, 3.8) is 0 Å². The van der Waals surface area contributed by atoms with Crippen molar-refractivity contribution in [1.82, 2.24) is 0 Å². The fourth-order valence-electron chi connectivity index (χ4n) is 7.49. The van der Waals surface area contributed by atoms with Crippen LogP contribution in [0, 0.1) is 35.5 Å². The Morgan fingerprint density at radius 3 is 1.68 bits per heavy atom. The minimum Gasteiger partial charge on any atom is -0.0914 e. The van der Waals surface area contributed by atoms with Crippen LogP contribution in [-0.4, -0.2) is 0 Å². The largest absolute Gasteiger partial charge is 0.0914 e. The number of rotatable bonds is 6. The zero-order valence-electron chi connectivity index (χ0n) is 20.1. The molecular formula is C30H45Cl. The quantitative estimate of drug-likeness (QED) is 0.386. The summed E-state index contributed by atoms with van der Waals surface area (Å²) >= 11 is 6.07. The average molecular weight is 441 g/mol. The van der Waals surface area contributed by atoms with Crippen LogP contribution in [0.25, 0.3) is 0 Å². The van der Waals surface area contributed by atoms with Crippen LogP contribution in [0.4, 0.5) is 0 Å². The first-order chi connectivity index (χ1) is 15.1. The molecule has 3 aliphatic carbocycles. The Balaban J connectivity index is 1.16. The minimum atomic E-state index is 0.664. The molecule has 172 valence electrons. The van der Waals surface area contributed by atoms with Gasteiger partial charge in [0.05, 0.1) is 0 Å². The molecular weight excluding hydrogens is 396 g/mol.